The van der Waals surface area contributed by atoms with Crippen LogP contribution in [-0.2, 0) is 0 Å². The molecule has 6 nitrogen and oxygen atoms in total. The summed E-state index contributed by atoms with van der Waals surface area (Å²) in [4.78, 5) is 19.3. The van der Waals surface area contributed by atoms with E-state index in [0.29, 0.717) is 15.8 Å². The highest BCUT2D eigenvalue weighted by Crippen LogP contribution is 2.24. The van der Waals surface area contributed by atoms with Crippen LogP contribution in [0.2, 0.25) is 0 Å². The van der Waals surface area contributed by atoms with Crippen molar-refractivity contribution < 1.29 is 4.79 Å². The van der Waals surface area contributed by atoms with Crippen molar-refractivity contribution in [2.24, 2.45) is 0 Å². The number of hydrogen-bond donors (Lipinski definition) is 3. The molecule has 0 saturated carbocycles. The molecule has 1 atom stereocenters. The van der Waals surface area contributed by atoms with Gasteiger partial charge in [-0.1, -0.05) is 17.8 Å². The summed E-state index contributed by atoms with van der Waals surface area (Å²) in [6.45, 7) is 7.94. The molecule has 1 unspecified atom stereocenters. The predicted molar refractivity (Wildman–Crippen MR) is 87.9 cm³/mol. The number of nitrogens with two attached hydrogens (primary N) is 1. The lowest BCUT2D eigenvalue weighted by atomic mass is 10.1. The summed E-state index contributed by atoms with van der Waals surface area (Å²) in [5.74, 6) is 0.178. The van der Waals surface area contributed by atoms with Gasteiger partial charge < -0.3 is 21.3 Å². The van der Waals surface area contributed by atoms with Crippen molar-refractivity contribution in [2.45, 2.75) is 39.2 Å². The highest BCUT2D eigenvalue weighted by molar-refractivity contribution is 7.18. The Labute approximate surface area is 130 Å². The number of anilines is 2. The molecular formula is C14H25N5OS. The van der Waals surface area contributed by atoms with E-state index >= 15 is 0 Å². The largest absolute Gasteiger partial charge is 0.382 e. The van der Waals surface area contributed by atoms with Crippen LogP contribution in [0.15, 0.2) is 0 Å². The van der Waals surface area contributed by atoms with Crippen LogP contribution in [0.25, 0.3) is 0 Å². The fourth-order valence-corrected chi connectivity index (χ4v) is 3.44. The first-order valence-corrected chi connectivity index (χ1v) is 8.45. The van der Waals surface area contributed by atoms with Gasteiger partial charge in [0, 0.05) is 19.1 Å². The van der Waals surface area contributed by atoms with E-state index in [0.717, 1.165) is 26.2 Å². The summed E-state index contributed by atoms with van der Waals surface area (Å²) >= 11 is 1.31. The molecule has 2 rings (SSSR count). The average molecular weight is 311 g/mol. The zero-order valence-electron chi connectivity index (χ0n) is 12.8. The molecular weight excluding hydrogens is 286 g/mol. The van der Waals surface area contributed by atoms with Crippen molar-refractivity contribution in [2.75, 3.05) is 37.2 Å². The number of rotatable bonds is 6. The van der Waals surface area contributed by atoms with Crippen LogP contribution in [0.1, 0.15) is 42.8 Å². The Bertz CT molecular complexity index is 470. The molecule has 0 radical (unpaired) electrons. The molecule has 1 amide bonds. The van der Waals surface area contributed by atoms with E-state index in [1.54, 1.807) is 0 Å². The number of hydrogen-bond acceptors (Lipinski definition) is 6. The predicted octanol–water partition coefficient (Wildman–Crippen LogP) is 1.76. The standard InChI is InChI=1S/C14H25N5OS/c1-3-16-14-18-12(15)11(21-14)13(20)17-10(2)9-19-7-5-4-6-8-19/h10H,3-9,15H2,1-2H3,(H,16,18)(H,17,20). The lowest BCUT2D eigenvalue weighted by molar-refractivity contribution is 0.0930. The monoisotopic (exact) mass is 311 g/mol. The van der Waals surface area contributed by atoms with E-state index in [-0.39, 0.29) is 11.9 Å². The summed E-state index contributed by atoms with van der Waals surface area (Å²) in [5, 5.41) is 6.80. The SMILES string of the molecule is CCNc1nc(N)c(C(=O)NC(C)CN2CCCCC2)s1. The van der Waals surface area contributed by atoms with Gasteiger partial charge in [0.15, 0.2) is 5.13 Å². The van der Waals surface area contributed by atoms with Crippen molar-refractivity contribution in [3.63, 3.8) is 0 Å². The van der Waals surface area contributed by atoms with E-state index in [1.165, 1.54) is 30.6 Å². The molecule has 0 bridgehead atoms. The first-order valence-electron chi connectivity index (χ1n) is 7.63. The number of nitrogen functional groups attached to an aromatic ring is 1. The maximum absolute atomic E-state index is 12.3. The van der Waals surface area contributed by atoms with Gasteiger partial charge in [-0.2, -0.15) is 0 Å². The Morgan fingerprint density at radius 1 is 1.43 bits per heavy atom. The van der Waals surface area contributed by atoms with Crippen LogP contribution >= 0.6 is 11.3 Å². The summed E-state index contributed by atoms with van der Waals surface area (Å²) in [6.07, 6.45) is 3.84. The van der Waals surface area contributed by atoms with E-state index in [2.05, 4.69) is 20.5 Å². The molecule has 1 saturated heterocycles. The number of piperidine rings is 1. The number of amides is 1. The minimum atomic E-state index is -0.126. The third-order valence-electron chi connectivity index (χ3n) is 3.55. The number of carbonyl (C=O) groups is 1. The lowest BCUT2D eigenvalue weighted by Gasteiger charge is -2.29. The van der Waals surface area contributed by atoms with Gasteiger partial charge in [0.05, 0.1) is 0 Å². The van der Waals surface area contributed by atoms with Crippen LogP contribution in [0.3, 0.4) is 0 Å². The Hall–Kier alpha value is -1.34. The normalized spacial score (nSPS) is 17.4. The van der Waals surface area contributed by atoms with Gasteiger partial charge in [0.2, 0.25) is 0 Å². The highest BCUT2D eigenvalue weighted by Gasteiger charge is 2.19. The van der Waals surface area contributed by atoms with Crippen LogP contribution in [-0.4, -0.2) is 48.0 Å². The van der Waals surface area contributed by atoms with Crippen molar-refractivity contribution >= 4 is 28.2 Å². The molecule has 21 heavy (non-hydrogen) atoms. The van der Waals surface area contributed by atoms with Crippen molar-refractivity contribution in [3.8, 4) is 0 Å². The molecule has 1 aliphatic rings. The minimum absolute atomic E-state index is 0.111. The Morgan fingerprint density at radius 2 is 2.14 bits per heavy atom. The summed E-state index contributed by atoms with van der Waals surface area (Å²) in [6, 6.07) is 0.111. The third kappa shape index (κ3) is 4.57. The molecule has 118 valence electrons. The lowest BCUT2D eigenvalue weighted by Crippen LogP contribution is -2.43. The van der Waals surface area contributed by atoms with Crippen LogP contribution < -0.4 is 16.4 Å². The molecule has 1 fully saturated rings. The molecule has 2 heterocycles. The Morgan fingerprint density at radius 3 is 2.81 bits per heavy atom. The molecule has 0 aliphatic carbocycles. The number of aromatic nitrogens is 1. The molecule has 0 aromatic carbocycles. The van der Waals surface area contributed by atoms with Gasteiger partial charge in [-0.25, -0.2) is 4.98 Å². The number of likely N-dealkylation sites (tertiary alicyclic amines) is 1. The van der Waals surface area contributed by atoms with Crippen LogP contribution in [0, 0.1) is 0 Å². The Balaban J connectivity index is 1.87. The van der Waals surface area contributed by atoms with Gasteiger partial charge in [-0.15, -0.1) is 0 Å². The minimum Gasteiger partial charge on any atom is -0.382 e. The summed E-state index contributed by atoms with van der Waals surface area (Å²) in [5.41, 5.74) is 5.82. The van der Waals surface area contributed by atoms with Crippen molar-refractivity contribution in [3.05, 3.63) is 4.88 Å². The van der Waals surface area contributed by atoms with Crippen LogP contribution in [0.5, 0.6) is 0 Å². The second kappa shape index (κ2) is 7.61. The number of thiazole rings is 1. The van der Waals surface area contributed by atoms with Gasteiger partial charge >= 0.3 is 0 Å². The molecule has 7 heteroatoms. The summed E-state index contributed by atoms with van der Waals surface area (Å²) < 4.78 is 0. The average Bonchev–Trinajstić information content (AvgIpc) is 2.81. The summed E-state index contributed by atoms with van der Waals surface area (Å²) in [7, 11) is 0. The second-order valence-electron chi connectivity index (χ2n) is 5.50. The van der Waals surface area contributed by atoms with Crippen molar-refractivity contribution in [1.82, 2.24) is 15.2 Å². The quantitative estimate of drug-likeness (QED) is 0.745. The van der Waals surface area contributed by atoms with E-state index in [9.17, 15) is 4.79 Å². The van der Waals surface area contributed by atoms with Gasteiger partial charge in [0.1, 0.15) is 10.7 Å². The molecule has 1 aromatic rings. The van der Waals surface area contributed by atoms with Crippen LogP contribution in [0.4, 0.5) is 10.9 Å². The topological polar surface area (TPSA) is 83.3 Å². The second-order valence-corrected chi connectivity index (χ2v) is 6.50. The van der Waals surface area contributed by atoms with E-state index < -0.39 is 0 Å². The smallest absolute Gasteiger partial charge is 0.265 e. The first kappa shape index (κ1) is 16.0. The maximum atomic E-state index is 12.3. The number of nitrogens with zero attached hydrogens (tertiary/aromatic N) is 2. The molecule has 4 N–H and O–H groups in total. The fourth-order valence-electron chi connectivity index (χ4n) is 2.59. The third-order valence-corrected chi connectivity index (χ3v) is 4.57. The zero-order valence-corrected chi connectivity index (χ0v) is 13.6. The van der Waals surface area contributed by atoms with Gasteiger partial charge in [-0.05, 0) is 39.8 Å². The zero-order chi connectivity index (χ0) is 15.2. The number of nitrogens with one attached hydrogen (secondary N) is 2. The van der Waals surface area contributed by atoms with E-state index in [1.807, 2.05) is 13.8 Å². The van der Waals surface area contributed by atoms with Gasteiger partial charge in [0.25, 0.3) is 5.91 Å². The molecule has 1 aromatic heterocycles. The van der Waals surface area contributed by atoms with Crippen molar-refractivity contribution in [1.29, 1.82) is 0 Å². The number of carbonyl (C=O) groups excluding carboxylic acids is 1. The van der Waals surface area contributed by atoms with E-state index in [4.69, 9.17) is 5.73 Å². The molecule has 1 aliphatic heterocycles. The Kier molecular flexibility index (Phi) is 5.81. The highest BCUT2D eigenvalue weighted by atomic mass is 32.1. The molecule has 0 spiro atoms. The first-order chi connectivity index (χ1) is 10.1. The fraction of sp³-hybridized carbons (Fsp3) is 0.714. The maximum Gasteiger partial charge on any atom is 0.265 e. The van der Waals surface area contributed by atoms with Gasteiger partial charge in [-0.3, -0.25) is 4.79 Å².